The van der Waals surface area contributed by atoms with Gasteiger partial charge >= 0.3 is 5.97 Å². The number of ether oxygens (including phenoxy) is 1. The number of hydrogen-bond donors (Lipinski definition) is 1. The lowest BCUT2D eigenvalue weighted by atomic mass is 10.1. The van der Waals surface area contributed by atoms with E-state index in [-0.39, 0.29) is 23.5 Å². The summed E-state index contributed by atoms with van der Waals surface area (Å²) in [7, 11) is -0.654. The van der Waals surface area contributed by atoms with Gasteiger partial charge in [0.15, 0.2) is 0 Å². The number of sulfonamides is 1. The molecule has 1 N–H and O–H groups in total. The van der Waals surface area contributed by atoms with Crippen molar-refractivity contribution in [3.05, 3.63) is 64.3 Å². The molecule has 0 fully saturated rings. The molecule has 2 aromatic heterocycles. The van der Waals surface area contributed by atoms with Crippen LogP contribution >= 0.6 is 0 Å². The minimum absolute atomic E-state index is 0.0788. The molecule has 0 aliphatic rings. The topological polar surface area (TPSA) is 127 Å². The Labute approximate surface area is 196 Å². The van der Waals surface area contributed by atoms with Crippen molar-refractivity contribution in [1.29, 1.82) is 0 Å². The first-order valence-corrected chi connectivity index (χ1v) is 12.2. The Morgan fingerprint density at radius 1 is 1.15 bits per heavy atom. The zero-order chi connectivity index (χ0) is 24.5. The number of esters is 1. The molecule has 34 heavy (non-hydrogen) atoms. The molecule has 0 aliphatic carbocycles. The van der Waals surface area contributed by atoms with Crippen molar-refractivity contribution in [2.24, 2.45) is 0 Å². The van der Waals surface area contributed by atoms with E-state index in [1.165, 1.54) is 20.2 Å². The normalized spacial score (nSPS) is 12.0. The monoisotopic (exact) mass is 483 g/mol. The maximum Gasteiger partial charge on any atom is 0.312 e. The second-order valence-corrected chi connectivity index (χ2v) is 10.2. The van der Waals surface area contributed by atoms with E-state index in [0.717, 1.165) is 16.2 Å². The first-order chi connectivity index (χ1) is 16.2. The van der Waals surface area contributed by atoms with Gasteiger partial charge in [-0.15, -0.1) is 0 Å². The van der Waals surface area contributed by atoms with E-state index in [9.17, 15) is 18.0 Å². The van der Waals surface area contributed by atoms with Gasteiger partial charge in [-0.1, -0.05) is 25.1 Å². The summed E-state index contributed by atoms with van der Waals surface area (Å²) >= 11 is 0. The average Bonchev–Trinajstić information content (AvgIpc) is 3.16. The van der Waals surface area contributed by atoms with Gasteiger partial charge in [0.2, 0.25) is 10.0 Å². The second-order valence-electron chi connectivity index (χ2n) is 8.00. The van der Waals surface area contributed by atoms with E-state index in [4.69, 9.17) is 4.74 Å². The van der Waals surface area contributed by atoms with Crippen molar-refractivity contribution in [3.8, 4) is 0 Å². The zero-order valence-electron chi connectivity index (χ0n) is 19.1. The Morgan fingerprint density at radius 2 is 1.88 bits per heavy atom. The van der Waals surface area contributed by atoms with Gasteiger partial charge in [-0.3, -0.25) is 9.59 Å². The van der Waals surface area contributed by atoms with Gasteiger partial charge in [0.1, 0.15) is 12.4 Å². The van der Waals surface area contributed by atoms with Gasteiger partial charge in [0, 0.05) is 26.0 Å². The molecule has 0 unspecified atom stereocenters. The Balaban J connectivity index is 1.58. The minimum Gasteiger partial charge on any atom is -0.457 e. The molecule has 2 heterocycles. The van der Waals surface area contributed by atoms with Crippen LogP contribution in [0.1, 0.15) is 24.9 Å². The predicted octanol–water partition coefficient (Wildman–Crippen LogP) is 2.22. The molecule has 0 atom stereocenters. The van der Waals surface area contributed by atoms with Crippen LogP contribution in [0.4, 0.5) is 0 Å². The number of H-pyrrole nitrogens is 1. The van der Waals surface area contributed by atoms with Crippen LogP contribution in [0, 0.1) is 0 Å². The molecule has 4 aromatic rings. The number of carbonyl (C=O) groups excluding carboxylic acids is 1. The predicted molar refractivity (Wildman–Crippen MR) is 127 cm³/mol. The molecule has 0 saturated carbocycles. The van der Waals surface area contributed by atoms with Crippen LogP contribution in [-0.4, -0.2) is 52.5 Å². The number of imidazole rings is 1. The van der Waals surface area contributed by atoms with Crippen molar-refractivity contribution >= 4 is 37.8 Å². The maximum atomic E-state index is 12.6. The quantitative estimate of drug-likeness (QED) is 0.381. The third kappa shape index (κ3) is 4.44. The van der Waals surface area contributed by atoms with Crippen LogP contribution in [-0.2, 0) is 39.1 Å². The average molecular weight is 484 g/mol. The highest BCUT2D eigenvalue weighted by Crippen LogP contribution is 2.23. The van der Waals surface area contributed by atoms with Gasteiger partial charge in [-0.2, -0.15) is 5.10 Å². The molecular formula is C23H25N5O5S. The molecule has 0 spiro atoms. The summed E-state index contributed by atoms with van der Waals surface area (Å²) in [6, 6.07) is 11.7. The zero-order valence-corrected chi connectivity index (χ0v) is 19.9. The highest BCUT2D eigenvalue weighted by molar-refractivity contribution is 7.89. The molecular weight excluding hydrogens is 458 g/mol. The lowest BCUT2D eigenvalue weighted by Crippen LogP contribution is -2.22. The first-order valence-electron chi connectivity index (χ1n) is 10.8. The summed E-state index contributed by atoms with van der Waals surface area (Å²) in [5.41, 5.74) is 1.37. The van der Waals surface area contributed by atoms with Crippen molar-refractivity contribution < 1.29 is 17.9 Å². The molecule has 0 aliphatic heterocycles. The number of aromatic amines is 1. The molecule has 0 saturated heterocycles. The molecule has 4 rings (SSSR count). The van der Waals surface area contributed by atoms with Crippen LogP contribution in [0.25, 0.3) is 21.8 Å². The van der Waals surface area contributed by atoms with E-state index in [1.54, 1.807) is 36.4 Å². The first kappa shape index (κ1) is 23.6. The number of fused-ring (bicyclic) bond motifs is 2. The Bertz CT molecular complexity index is 1540. The number of rotatable bonds is 8. The lowest BCUT2D eigenvalue weighted by Gasteiger charge is -2.11. The molecule has 178 valence electrons. The lowest BCUT2D eigenvalue weighted by molar-refractivity contribution is -0.144. The minimum atomic E-state index is -3.60. The number of aromatic nitrogens is 4. The number of nitrogens with one attached hydrogen (secondary N) is 1. The maximum absolute atomic E-state index is 12.6. The molecule has 10 nitrogen and oxygen atoms in total. The molecule has 0 amide bonds. The van der Waals surface area contributed by atoms with Crippen LogP contribution in [0.2, 0.25) is 0 Å². The summed E-state index contributed by atoms with van der Waals surface area (Å²) in [4.78, 5) is 29.2. The highest BCUT2D eigenvalue weighted by atomic mass is 32.2. The highest BCUT2D eigenvalue weighted by Gasteiger charge is 2.20. The fraction of sp³-hybridized carbons (Fsp3) is 0.304. The van der Waals surface area contributed by atoms with Gasteiger partial charge in [0.25, 0.3) is 5.56 Å². The van der Waals surface area contributed by atoms with Gasteiger partial charge in [-0.05, 0) is 30.7 Å². The smallest absolute Gasteiger partial charge is 0.312 e. The molecule has 2 aromatic carbocycles. The third-order valence-electron chi connectivity index (χ3n) is 5.47. The van der Waals surface area contributed by atoms with Gasteiger partial charge < -0.3 is 9.30 Å². The van der Waals surface area contributed by atoms with E-state index >= 15 is 0 Å². The largest absolute Gasteiger partial charge is 0.457 e. The Morgan fingerprint density at radius 3 is 2.59 bits per heavy atom. The SMILES string of the molecule is CCCn1c(COC(=O)Cc2n[nH]c(=O)c3ccccc23)nc2cc(S(=O)(=O)N(C)C)ccc21. The van der Waals surface area contributed by atoms with Crippen molar-refractivity contribution in [1.82, 2.24) is 24.1 Å². The van der Waals surface area contributed by atoms with E-state index in [1.807, 2.05) is 11.5 Å². The summed E-state index contributed by atoms with van der Waals surface area (Å²) in [5, 5.41) is 7.46. The number of carbonyl (C=O) groups is 1. The van der Waals surface area contributed by atoms with Crippen LogP contribution in [0.5, 0.6) is 0 Å². The standard InChI is InChI=1S/C23H25N5O5S/c1-4-11-28-20-10-9-15(34(31,32)27(2)3)12-19(20)24-21(28)14-33-22(29)13-18-16-7-5-6-8-17(16)23(30)26-25-18/h5-10,12H,4,11,13-14H2,1-3H3,(H,26,30). The summed E-state index contributed by atoms with van der Waals surface area (Å²) in [5.74, 6) is -0.000400. The molecule has 11 heteroatoms. The van der Waals surface area contributed by atoms with E-state index < -0.39 is 16.0 Å². The number of hydrogen-bond acceptors (Lipinski definition) is 7. The molecule has 0 radical (unpaired) electrons. The van der Waals surface area contributed by atoms with Crippen molar-refractivity contribution in [2.75, 3.05) is 14.1 Å². The van der Waals surface area contributed by atoms with E-state index in [2.05, 4.69) is 15.2 Å². The summed E-state index contributed by atoms with van der Waals surface area (Å²) in [6.45, 7) is 2.57. The van der Waals surface area contributed by atoms with Crippen LogP contribution < -0.4 is 5.56 Å². The van der Waals surface area contributed by atoms with Gasteiger partial charge in [0.05, 0.1) is 33.4 Å². The Hall–Kier alpha value is -3.57. The summed E-state index contributed by atoms with van der Waals surface area (Å²) in [6.07, 6.45) is 0.702. The van der Waals surface area contributed by atoms with Crippen molar-refractivity contribution in [3.63, 3.8) is 0 Å². The second kappa shape index (κ2) is 9.35. The number of nitrogens with zero attached hydrogens (tertiary/aromatic N) is 4. The van der Waals surface area contributed by atoms with Crippen LogP contribution in [0.3, 0.4) is 0 Å². The number of benzene rings is 2. The van der Waals surface area contributed by atoms with Crippen molar-refractivity contribution in [2.45, 2.75) is 37.8 Å². The summed E-state index contributed by atoms with van der Waals surface area (Å²) < 4.78 is 33.5. The fourth-order valence-electron chi connectivity index (χ4n) is 3.75. The Kier molecular flexibility index (Phi) is 6.49. The van der Waals surface area contributed by atoms with Gasteiger partial charge in [-0.25, -0.2) is 22.8 Å². The fourth-order valence-corrected chi connectivity index (χ4v) is 4.68. The number of aryl methyl sites for hydroxylation is 1. The van der Waals surface area contributed by atoms with E-state index in [0.29, 0.717) is 34.4 Å². The third-order valence-corrected chi connectivity index (χ3v) is 7.28. The molecule has 0 bridgehead atoms. The van der Waals surface area contributed by atoms with Crippen LogP contribution in [0.15, 0.2) is 52.2 Å².